The molecule has 0 unspecified atom stereocenters. The monoisotopic (exact) mass is 341 g/mol. The summed E-state index contributed by atoms with van der Waals surface area (Å²) in [6.07, 6.45) is 1.60. The minimum Gasteiger partial charge on any atom is -0.454 e. The number of likely N-dealkylation sites (N-methyl/N-ethyl adjacent to an activating group) is 1. The van der Waals surface area contributed by atoms with Gasteiger partial charge < -0.3 is 20.1 Å². The van der Waals surface area contributed by atoms with Gasteiger partial charge in [-0.3, -0.25) is 4.79 Å². The molecule has 0 fully saturated rings. The molecule has 1 aliphatic heterocycles. The summed E-state index contributed by atoms with van der Waals surface area (Å²) in [5.41, 5.74) is 0.915. The van der Waals surface area contributed by atoms with Gasteiger partial charge in [-0.05, 0) is 25.2 Å². The molecule has 2 aromatic rings. The first kappa shape index (κ1) is 16.5. The number of hydrogen-bond donors (Lipinski definition) is 2. The van der Waals surface area contributed by atoms with Gasteiger partial charge in [0, 0.05) is 18.7 Å². The van der Waals surface area contributed by atoms with Crippen LogP contribution in [0, 0.1) is 0 Å². The first-order chi connectivity index (χ1) is 10.3. The number of rotatable bonds is 5. The van der Waals surface area contributed by atoms with Gasteiger partial charge in [0.1, 0.15) is 9.88 Å². The SMILES string of the molecule is CNCCNC(=O)c1cnc(-c2ccc3c(c2)OCO3)s1.Cl. The molecule has 0 radical (unpaired) electrons. The van der Waals surface area contributed by atoms with Gasteiger partial charge in [-0.15, -0.1) is 23.7 Å². The summed E-state index contributed by atoms with van der Waals surface area (Å²) in [7, 11) is 1.84. The Hall–Kier alpha value is -1.83. The highest BCUT2D eigenvalue weighted by Gasteiger charge is 2.16. The molecular formula is C14H16ClN3O3S. The van der Waals surface area contributed by atoms with E-state index in [-0.39, 0.29) is 25.1 Å². The Labute approximate surface area is 138 Å². The number of thiazole rings is 1. The van der Waals surface area contributed by atoms with E-state index in [1.807, 2.05) is 25.2 Å². The van der Waals surface area contributed by atoms with Crippen LogP contribution in [0.15, 0.2) is 24.4 Å². The number of fused-ring (bicyclic) bond motifs is 1. The lowest BCUT2D eigenvalue weighted by Crippen LogP contribution is -2.29. The number of ether oxygens (including phenoxy) is 2. The molecule has 1 aromatic carbocycles. The quantitative estimate of drug-likeness (QED) is 0.813. The van der Waals surface area contributed by atoms with Gasteiger partial charge in [0.15, 0.2) is 11.5 Å². The van der Waals surface area contributed by atoms with E-state index < -0.39 is 0 Å². The van der Waals surface area contributed by atoms with Crippen molar-refractivity contribution >= 4 is 29.7 Å². The van der Waals surface area contributed by atoms with Crippen LogP contribution in [0.2, 0.25) is 0 Å². The fourth-order valence-corrected chi connectivity index (χ4v) is 2.76. The van der Waals surface area contributed by atoms with E-state index in [1.165, 1.54) is 11.3 Å². The van der Waals surface area contributed by atoms with Crippen molar-refractivity contribution in [3.63, 3.8) is 0 Å². The number of halogens is 1. The van der Waals surface area contributed by atoms with Crippen LogP contribution in [-0.2, 0) is 0 Å². The van der Waals surface area contributed by atoms with E-state index in [9.17, 15) is 4.79 Å². The van der Waals surface area contributed by atoms with Crippen LogP contribution in [0.3, 0.4) is 0 Å². The van der Waals surface area contributed by atoms with E-state index in [0.717, 1.165) is 22.9 Å². The van der Waals surface area contributed by atoms with E-state index in [4.69, 9.17) is 9.47 Å². The summed E-state index contributed by atoms with van der Waals surface area (Å²) in [5.74, 6) is 1.35. The Morgan fingerprint density at radius 2 is 2.14 bits per heavy atom. The Balaban J connectivity index is 0.00000176. The van der Waals surface area contributed by atoms with Gasteiger partial charge in [-0.1, -0.05) is 0 Å². The normalized spacial score (nSPS) is 11.9. The lowest BCUT2D eigenvalue weighted by atomic mass is 10.2. The molecule has 0 atom stereocenters. The molecule has 6 nitrogen and oxygen atoms in total. The molecule has 1 aromatic heterocycles. The van der Waals surface area contributed by atoms with Crippen molar-refractivity contribution in [2.24, 2.45) is 0 Å². The molecule has 22 heavy (non-hydrogen) atoms. The lowest BCUT2D eigenvalue weighted by Gasteiger charge is -2.01. The first-order valence-corrected chi connectivity index (χ1v) is 7.38. The predicted octanol–water partition coefficient (Wildman–Crippen LogP) is 1.91. The van der Waals surface area contributed by atoms with Crippen LogP contribution in [0.1, 0.15) is 9.67 Å². The van der Waals surface area contributed by atoms with Crippen LogP contribution in [0.5, 0.6) is 11.5 Å². The van der Waals surface area contributed by atoms with Crippen molar-refractivity contribution in [2.45, 2.75) is 0 Å². The number of carbonyl (C=O) groups is 1. The van der Waals surface area contributed by atoms with Crippen molar-refractivity contribution in [1.82, 2.24) is 15.6 Å². The van der Waals surface area contributed by atoms with Crippen LogP contribution in [-0.4, -0.2) is 37.8 Å². The molecule has 0 saturated heterocycles. The fourth-order valence-electron chi connectivity index (χ4n) is 1.93. The third kappa shape index (κ3) is 3.49. The standard InChI is InChI=1S/C14H15N3O3S.ClH/c1-15-4-5-16-13(18)12-7-17-14(21-12)9-2-3-10-11(6-9)20-8-19-10;/h2-3,6-7,15H,4-5,8H2,1H3,(H,16,18);1H. The van der Waals surface area contributed by atoms with Gasteiger partial charge in [-0.25, -0.2) is 4.98 Å². The maximum absolute atomic E-state index is 11.9. The van der Waals surface area contributed by atoms with Crippen LogP contribution >= 0.6 is 23.7 Å². The van der Waals surface area contributed by atoms with Crippen molar-refractivity contribution in [3.8, 4) is 22.1 Å². The van der Waals surface area contributed by atoms with E-state index in [2.05, 4.69) is 15.6 Å². The smallest absolute Gasteiger partial charge is 0.263 e. The third-order valence-electron chi connectivity index (χ3n) is 3.01. The summed E-state index contributed by atoms with van der Waals surface area (Å²) in [6, 6.07) is 5.64. The number of amides is 1. The zero-order chi connectivity index (χ0) is 14.7. The van der Waals surface area contributed by atoms with Crippen molar-refractivity contribution < 1.29 is 14.3 Å². The summed E-state index contributed by atoms with van der Waals surface area (Å²) in [5, 5.41) is 6.59. The molecule has 3 rings (SSSR count). The largest absolute Gasteiger partial charge is 0.454 e. The number of carbonyl (C=O) groups excluding carboxylic acids is 1. The Kier molecular flexibility index (Phi) is 5.59. The van der Waals surface area contributed by atoms with Gasteiger partial charge in [0.25, 0.3) is 5.91 Å². The zero-order valence-electron chi connectivity index (χ0n) is 11.9. The molecule has 0 spiro atoms. The minimum atomic E-state index is -0.102. The van der Waals surface area contributed by atoms with Crippen molar-refractivity contribution in [1.29, 1.82) is 0 Å². The van der Waals surface area contributed by atoms with Crippen molar-refractivity contribution in [2.75, 3.05) is 26.9 Å². The maximum Gasteiger partial charge on any atom is 0.263 e. The van der Waals surface area contributed by atoms with Gasteiger partial charge in [0.2, 0.25) is 6.79 Å². The summed E-state index contributed by atoms with van der Waals surface area (Å²) in [6.45, 7) is 1.57. The number of aromatic nitrogens is 1. The van der Waals surface area contributed by atoms with E-state index in [1.54, 1.807) is 6.20 Å². The average molecular weight is 342 g/mol. The van der Waals surface area contributed by atoms with Gasteiger partial charge in [-0.2, -0.15) is 0 Å². The molecule has 8 heteroatoms. The second kappa shape index (κ2) is 7.44. The second-order valence-corrected chi connectivity index (χ2v) is 5.49. The highest BCUT2D eigenvalue weighted by atomic mass is 35.5. The Morgan fingerprint density at radius 1 is 1.32 bits per heavy atom. The van der Waals surface area contributed by atoms with Crippen molar-refractivity contribution in [3.05, 3.63) is 29.3 Å². The van der Waals surface area contributed by atoms with Gasteiger partial charge in [0.05, 0.1) is 6.20 Å². The van der Waals surface area contributed by atoms with E-state index in [0.29, 0.717) is 17.2 Å². The highest BCUT2D eigenvalue weighted by molar-refractivity contribution is 7.16. The molecule has 2 heterocycles. The van der Waals surface area contributed by atoms with Crippen LogP contribution in [0.4, 0.5) is 0 Å². The van der Waals surface area contributed by atoms with E-state index >= 15 is 0 Å². The minimum absolute atomic E-state index is 0. The molecule has 0 saturated carbocycles. The first-order valence-electron chi connectivity index (χ1n) is 6.56. The van der Waals surface area contributed by atoms with Gasteiger partial charge >= 0.3 is 0 Å². The molecule has 2 N–H and O–H groups in total. The predicted molar refractivity (Wildman–Crippen MR) is 87.2 cm³/mol. The van der Waals surface area contributed by atoms with Crippen LogP contribution in [0.25, 0.3) is 10.6 Å². The second-order valence-electron chi connectivity index (χ2n) is 4.46. The average Bonchev–Trinajstić information content (AvgIpc) is 3.15. The molecule has 118 valence electrons. The highest BCUT2D eigenvalue weighted by Crippen LogP contribution is 2.36. The summed E-state index contributed by atoms with van der Waals surface area (Å²) in [4.78, 5) is 16.8. The molecule has 0 aliphatic carbocycles. The topological polar surface area (TPSA) is 72.5 Å². The zero-order valence-corrected chi connectivity index (χ0v) is 13.6. The third-order valence-corrected chi connectivity index (χ3v) is 4.05. The molecule has 1 aliphatic rings. The number of nitrogens with zero attached hydrogens (tertiary/aromatic N) is 1. The lowest BCUT2D eigenvalue weighted by molar-refractivity contribution is 0.0958. The maximum atomic E-state index is 11.9. The fraction of sp³-hybridized carbons (Fsp3) is 0.286. The molecular weight excluding hydrogens is 326 g/mol. The summed E-state index contributed by atoms with van der Waals surface area (Å²) >= 11 is 1.36. The Morgan fingerprint density at radius 3 is 2.95 bits per heavy atom. The number of hydrogen-bond acceptors (Lipinski definition) is 6. The summed E-state index contributed by atoms with van der Waals surface area (Å²) < 4.78 is 10.6. The molecule has 0 bridgehead atoms. The Bertz CT molecular complexity index is 663. The van der Waals surface area contributed by atoms with Crippen LogP contribution < -0.4 is 20.1 Å². The molecule has 1 amide bonds. The number of nitrogens with one attached hydrogen (secondary N) is 2. The number of benzene rings is 1.